The molecule has 1 atom stereocenters. The summed E-state index contributed by atoms with van der Waals surface area (Å²) in [7, 11) is 0. The zero-order valence-corrected chi connectivity index (χ0v) is 37.5. The third-order valence-corrected chi connectivity index (χ3v) is 17.4. The number of likely N-dealkylation sites (tertiary alicyclic amines) is 3. The average molecular weight is 885 g/mol. The Hall–Kier alpha value is -4.62. The SMILES string of the molecule is O=C1CC[C@H](N2Cc3c(ccc4c3OCC43CCN(CCN4CCC(N5CCC(c6ccc7c(c6)C6(CCCCC6)c6nc(=O)c8c(Cl)cccc8n6-7)CC5)CC4)CC3)C2=O)C(=O)N1. The van der Waals surface area contributed by atoms with Crippen LogP contribution in [0.15, 0.2) is 53.3 Å². The summed E-state index contributed by atoms with van der Waals surface area (Å²) in [4.78, 5) is 65.7. The van der Waals surface area contributed by atoms with E-state index in [9.17, 15) is 19.2 Å². The quantitative estimate of drug-likeness (QED) is 0.219. The summed E-state index contributed by atoms with van der Waals surface area (Å²) < 4.78 is 8.69. The number of hydrogen-bond acceptors (Lipinski definition) is 9. The molecular weight excluding hydrogens is 826 g/mol. The number of imide groups is 1. The van der Waals surface area contributed by atoms with E-state index in [4.69, 9.17) is 21.3 Å². The first-order chi connectivity index (χ1) is 31.2. The molecule has 0 bridgehead atoms. The number of nitrogens with zero attached hydrogens (tertiary/aromatic N) is 6. The standard InChI is InChI=1S/C51H58ClN7O5/c52-39-5-4-6-41-44(39)47(62)54-49-51(17-2-1-3-18-51)38-29-33(7-10-40(38)59(41)49)32-13-23-57(24-14-32)34-15-21-55(22-16-34)27-28-56-25-19-50(20-26-56)31-64-45-36-30-58(42-11-12-43(60)53-46(42)61)48(63)35(36)8-9-37(45)50/h4-10,29,32,34,42H,1-3,11-28,30-31H2,(H,53,60,61)/t42-/m0/s1. The minimum Gasteiger partial charge on any atom is -0.492 e. The molecule has 7 aliphatic heterocycles. The lowest BCUT2D eigenvalue weighted by Gasteiger charge is -2.43. The number of benzene rings is 3. The second-order valence-corrected chi connectivity index (χ2v) is 20.7. The van der Waals surface area contributed by atoms with E-state index in [0.717, 1.165) is 114 Å². The zero-order chi connectivity index (χ0) is 43.3. The number of piperidine rings is 4. The van der Waals surface area contributed by atoms with Crippen molar-refractivity contribution in [2.24, 2.45) is 0 Å². The predicted octanol–water partition coefficient (Wildman–Crippen LogP) is 6.43. The van der Waals surface area contributed by atoms with E-state index in [1.165, 1.54) is 54.5 Å². The number of ether oxygens (including phenoxy) is 1. The molecule has 12 rings (SSSR count). The summed E-state index contributed by atoms with van der Waals surface area (Å²) >= 11 is 6.60. The van der Waals surface area contributed by atoms with Crippen LogP contribution in [0.25, 0.3) is 16.6 Å². The van der Waals surface area contributed by atoms with Gasteiger partial charge in [-0.3, -0.25) is 29.1 Å². The number of carbonyl (C=O) groups is 3. The van der Waals surface area contributed by atoms with Crippen molar-refractivity contribution in [3.05, 3.63) is 97.5 Å². The Morgan fingerprint density at radius 3 is 2.33 bits per heavy atom. The van der Waals surface area contributed by atoms with Gasteiger partial charge in [-0.05, 0) is 138 Å². The lowest BCUT2D eigenvalue weighted by molar-refractivity contribution is -0.136. The highest BCUT2D eigenvalue weighted by molar-refractivity contribution is 6.35. The Balaban J connectivity index is 0.635. The highest BCUT2D eigenvalue weighted by Crippen LogP contribution is 2.53. The molecule has 8 aliphatic rings. The Labute approximate surface area is 379 Å². The molecule has 4 saturated heterocycles. The Kier molecular flexibility index (Phi) is 10.1. The maximum absolute atomic E-state index is 13.4. The van der Waals surface area contributed by atoms with Gasteiger partial charge in [0.25, 0.3) is 11.5 Å². The number of nitrogens with one attached hydrogen (secondary N) is 1. The van der Waals surface area contributed by atoms with Gasteiger partial charge in [0.05, 0.1) is 40.2 Å². The molecule has 4 aromatic rings. The van der Waals surface area contributed by atoms with Gasteiger partial charge in [-0.15, -0.1) is 0 Å². The monoisotopic (exact) mass is 883 g/mol. The van der Waals surface area contributed by atoms with Crippen molar-refractivity contribution in [1.82, 2.24) is 34.5 Å². The largest absolute Gasteiger partial charge is 0.492 e. The summed E-state index contributed by atoms with van der Waals surface area (Å²) in [5, 5.41) is 3.40. The maximum atomic E-state index is 13.4. The molecule has 334 valence electrons. The van der Waals surface area contributed by atoms with Crippen LogP contribution in [0, 0.1) is 0 Å². The van der Waals surface area contributed by atoms with Gasteiger partial charge in [-0.2, -0.15) is 4.98 Å². The molecule has 2 spiro atoms. The molecule has 1 aliphatic carbocycles. The van der Waals surface area contributed by atoms with Crippen LogP contribution in [0.4, 0.5) is 0 Å². The highest BCUT2D eigenvalue weighted by Gasteiger charge is 2.49. The van der Waals surface area contributed by atoms with Crippen LogP contribution in [0.1, 0.15) is 128 Å². The summed E-state index contributed by atoms with van der Waals surface area (Å²) in [6, 6.07) is 17.0. The van der Waals surface area contributed by atoms with E-state index in [-0.39, 0.29) is 40.5 Å². The van der Waals surface area contributed by atoms with Crippen molar-refractivity contribution in [3.8, 4) is 11.4 Å². The molecule has 1 aromatic heterocycles. The number of fused-ring (bicyclic) bond motifs is 11. The number of amides is 3. The lowest BCUT2D eigenvalue weighted by atomic mass is 9.69. The van der Waals surface area contributed by atoms with Crippen molar-refractivity contribution in [1.29, 1.82) is 0 Å². The first-order valence-electron chi connectivity index (χ1n) is 24.2. The summed E-state index contributed by atoms with van der Waals surface area (Å²) in [5.41, 5.74) is 7.15. The Morgan fingerprint density at radius 1 is 0.797 bits per heavy atom. The van der Waals surface area contributed by atoms with Gasteiger partial charge in [0.2, 0.25) is 11.8 Å². The topological polar surface area (TPSA) is 120 Å². The molecule has 3 aromatic carbocycles. The number of carbonyl (C=O) groups excluding carboxylic acids is 3. The van der Waals surface area contributed by atoms with E-state index in [0.29, 0.717) is 47.5 Å². The van der Waals surface area contributed by atoms with Crippen molar-refractivity contribution in [3.63, 3.8) is 0 Å². The van der Waals surface area contributed by atoms with Gasteiger partial charge >= 0.3 is 0 Å². The van der Waals surface area contributed by atoms with Crippen LogP contribution in [-0.2, 0) is 27.0 Å². The molecular formula is C51H58ClN7O5. The fourth-order valence-electron chi connectivity index (χ4n) is 13.4. The lowest BCUT2D eigenvalue weighted by Crippen LogP contribution is -2.52. The summed E-state index contributed by atoms with van der Waals surface area (Å²) in [5.74, 6) is 1.50. The van der Waals surface area contributed by atoms with Crippen molar-refractivity contribution in [2.75, 3.05) is 59.0 Å². The minimum absolute atomic E-state index is 0.0361. The van der Waals surface area contributed by atoms with Crippen LogP contribution in [0.3, 0.4) is 0 Å². The molecule has 8 heterocycles. The number of halogens is 1. The fraction of sp³-hybridized carbons (Fsp3) is 0.549. The van der Waals surface area contributed by atoms with E-state index in [1.54, 1.807) is 11.0 Å². The molecule has 0 unspecified atom stereocenters. The molecule has 64 heavy (non-hydrogen) atoms. The third kappa shape index (κ3) is 6.51. The van der Waals surface area contributed by atoms with Crippen molar-refractivity contribution < 1.29 is 19.1 Å². The third-order valence-electron chi connectivity index (χ3n) is 17.1. The van der Waals surface area contributed by atoms with E-state index in [1.807, 2.05) is 18.2 Å². The van der Waals surface area contributed by atoms with Crippen LogP contribution in [0.5, 0.6) is 5.75 Å². The molecule has 1 N–H and O–H groups in total. The molecule has 0 radical (unpaired) electrons. The Bertz CT molecular complexity index is 2630. The average Bonchev–Trinajstić information content (AvgIpc) is 3.94. The molecule has 12 nitrogen and oxygen atoms in total. The normalized spacial score (nSPS) is 24.9. The highest BCUT2D eigenvalue weighted by atomic mass is 35.5. The van der Waals surface area contributed by atoms with E-state index in [2.05, 4.69) is 48.8 Å². The molecule has 5 fully saturated rings. The van der Waals surface area contributed by atoms with Gasteiger partial charge in [-0.1, -0.05) is 55.1 Å². The second kappa shape index (κ2) is 15.8. The predicted molar refractivity (Wildman–Crippen MR) is 245 cm³/mol. The van der Waals surface area contributed by atoms with Gasteiger partial charge in [0, 0.05) is 47.7 Å². The van der Waals surface area contributed by atoms with Crippen molar-refractivity contribution >= 4 is 40.2 Å². The summed E-state index contributed by atoms with van der Waals surface area (Å²) in [6.07, 6.45) is 13.1. The number of rotatable bonds is 6. The summed E-state index contributed by atoms with van der Waals surface area (Å²) in [6.45, 7) is 9.88. The molecule has 13 heteroatoms. The van der Waals surface area contributed by atoms with Gasteiger partial charge in [-0.25, -0.2) is 0 Å². The second-order valence-electron chi connectivity index (χ2n) is 20.3. The smallest absolute Gasteiger partial charge is 0.282 e. The van der Waals surface area contributed by atoms with Crippen LogP contribution in [-0.4, -0.2) is 118 Å². The first-order valence-corrected chi connectivity index (χ1v) is 24.6. The van der Waals surface area contributed by atoms with Gasteiger partial charge in [0.15, 0.2) is 0 Å². The van der Waals surface area contributed by atoms with Gasteiger partial charge < -0.3 is 24.3 Å². The molecule has 3 amide bonds. The number of hydrogen-bond donors (Lipinski definition) is 1. The van der Waals surface area contributed by atoms with Crippen LogP contribution >= 0.6 is 11.6 Å². The number of aromatic nitrogens is 2. The van der Waals surface area contributed by atoms with Gasteiger partial charge in [0.1, 0.15) is 17.6 Å². The molecule has 1 saturated carbocycles. The van der Waals surface area contributed by atoms with E-state index < -0.39 is 6.04 Å². The maximum Gasteiger partial charge on any atom is 0.282 e. The first kappa shape index (κ1) is 40.9. The zero-order valence-electron chi connectivity index (χ0n) is 36.7. The van der Waals surface area contributed by atoms with E-state index >= 15 is 0 Å². The van der Waals surface area contributed by atoms with Crippen LogP contribution < -0.4 is 15.6 Å². The minimum atomic E-state index is -0.621. The Morgan fingerprint density at radius 2 is 1.56 bits per heavy atom. The fourth-order valence-corrected chi connectivity index (χ4v) is 13.7. The van der Waals surface area contributed by atoms with Crippen molar-refractivity contribution in [2.45, 2.75) is 119 Å². The van der Waals surface area contributed by atoms with Crippen LogP contribution in [0.2, 0.25) is 5.02 Å².